The number of imidazole rings is 1. The lowest BCUT2D eigenvalue weighted by Crippen LogP contribution is -2.47. The van der Waals surface area contributed by atoms with Crippen LogP contribution in [0.15, 0.2) is 48.5 Å². The maximum absolute atomic E-state index is 6.42. The van der Waals surface area contributed by atoms with Gasteiger partial charge in [-0.3, -0.25) is 4.90 Å². The molecule has 0 amide bonds. The van der Waals surface area contributed by atoms with Gasteiger partial charge in [-0.25, -0.2) is 4.98 Å². The average Bonchev–Trinajstić information content (AvgIpc) is 3.29. The van der Waals surface area contributed by atoms with Gasteiger partial charge in [-0.2, -0.15) is 0 Å². The van der Waals surface area contributed by atoms with Crippen molar-refractivity contribution in [3.8, 4) is 0 Å². The summed E-state index contributed by atoms with van der Waals surface area (Å²) in [7, 11) is 0. The third kappa shape index (κ3) is 4.98. The Hall–Kier alpha value is -1.30. The molecule has 3 fully saturated rings. The van der Waals surface area contributed by atoms with E-state index in [-0.39, 0.29) is 30.2 Å². The molecule has 3 saturated heterocycles. The Bertz CT molecular complexity index is 1130. The lowest BCUT2D eigenvalue weighted by Gasteiger charge is -2.44. The van der Waals surface area contributed by atoms with Gasteiger partial charge in [-0.05, 0) is 107 Å². The van der Waals surface area contributed by atoms with Crippen molar-refractivity contribution < 1.29 is 0 Å². The highest BCUT2D eigenvalue weighted by atomic mass is 35.5. The minimum atomic E-state index is 0. The van der Waals surface area contributed by atoms with Crippen molar-refractivity contribution in [2.24, 2.45) is 0 Å². The number of halogens is 3. The van der Waals surface area contributed by atoms with Gasteiger partial charge in [0.05, 0.1) is 11.0 Å². The van der Waals surface area contributed by atoms with Gasteiger partial charge in [-0.15, -0.1) is 24.8 Å². The van der Waals surface area contributed by atoms with Crippen molar-refractivity contribution in [3.63, 3.8) is 0 Å². The normalized spacial score (nSPS) is 25.7. The zero-order chi connectivity index (χ0) is 22.4. The molecule has 3 aliphatic rings. The van der Waals surface area contributed by atoms with Gasteiger partial charge in [0.15, 0.2) is 0 Å². The van der Waals surface area contributed by atoms with Gasteiger partial charge < -0.3 is 9.88 Å². The number of aryl methyl sites for hydroxylation is 1. The van der Waals surface area contributed by atoms with E-state index >= 15 is 0 Å². The summed E-state index contributed by atoms with van der Waals surface area (Å²) in [5.74, 6) is 1.17. The smallest absolute Gasteiger partial charge is 0.106 e. The highest BCUT2D eigenvalue weighted by Gasteiger charge is 2.43. The first-order chi connectivity index (χ1) is 16.1. The molecule has 4 nitrogen and oxygen atoms in total. The topological polar surface area (TPSA) is 33.1 Å². The summed E-state index contributed by atoms with van der Waals surface area (Å²) in [6, 6.07) is 19.3. The second-order valence-corrected chi connectivity index (χ2v) is 11.0. The Morgan fingerprint density at radius 3 is 2.40 bits per heavy atom. The van der Waals surface area contributed by atoms with Crippen LogP contribution in [0.4, 0.5) is 0 Å². The minimum absolute atomic E-state index is 0. The van der Waals surface area contributed by atoms with Crippen molar-refractivity contribution in [1.82, 2.24) is 19.8 Å². The second-order valence-electron chi connectivity index (χ2n) is 10.6. The van der Waals surface area contributed by atoms with Crippen LogP contribution in [0.3, 0.4) is 0 Å². The number of hydrogen-bond donors (Lipinski definition) is 1. The number of benzene rings is 2. The number of para-hydroxylation sites is 2. The highest BCUT2D eigenvalue weighted by Crippen LogP contribution is 2.44. The maximum atomic E-state index is 6.42. The number of aromatic nitrogens is 2. The molecule has 0 spiro atoms. The molecule has 2 atom stereocenters. The Morgan fingerprint density at radius 2 is 1.69 bits per heavy atom. The zero-order valence-corrected chi connectivity index (χ0v) is 22.8. The predicted molar refractivity (Wildman–Crippen MR) is 151 cm³/mol. The molecule has 0 aliphatic carbocycles. The molecule has 3 aromatic rings. The molecule has 2 aromatic carbocycles. The monoisotopic (exact) mass is 534 g/mol. The van der Waals surface area contributed by atoms with Crippen molar-refractivity contribution in [1.29, 1.82) is 0 Å². The van der Waals surface area contributed by atoms with Crippen LogP contribution in [0.25, 0.3) is 11.0 Å². The van der Waals surface area contributed by atoms with E-state index in [0.29, 0.717) is 18.1 Å². The zero-order valence-electron chi connectivity index (χ0n) is 20.5. The first-order valence-corrected chi connectivity index (χ1v) is 13.2. The van der Waals surface area contributed by atoms with Crippen LogP contribution in [0.1, 0.15) is 62.4 Å². The average molecular weight is 536 g/mol. The molecule has 2 bridgehead atoms. The summed E-state index contributed by atoms with van der Waals surface area (Å²) in [6.45, 7) is 5.60. The molecule has 35 heavy (non-hydrogen) atoms. The summed E-state index contributed by atoms with van der Waals surface area (Å²) in [6.07, 6.45) is 8.85. The second kappa shape index (κ2) is 11.0. The Balaban J connectivity index is 0.00000144. The fourth-order valence-electron chi connectivity index (χ4n) is 7.20. The van der Waals surface area contributed by atoms with Crippen molar-refractivity contribution in [2.75, 3.05) is 19.6 Å². The number of hydrogen-bond acceptors (Lipinski definition) is 3. The number of piperidine rings is 2. The third-order valence-corrected chi connectivity index (χ3v) is 9.08. The molecule has 1 N–H and O–H groups in total. The molecule has 0 saturated carbocycles. The van der Waals surface area contributed by atoms with Crippen LogP contribution >= 0.6 is 36.4 Å². The first kappa shape index (κ1) is 26.8. The van der Waals surface area contributed by atoms with Gasteiger partial charge in [0.1, 0.15) is 5.82 Å². The van der Waals surface area contributed by atoms with Crippen molar-refractivity contribution in [3.05, 3.63) is 64.9 Å². The number of nitrogens with one attached hydrogen (secondary N) is 1. The number of fused-ring (bicyclic) bond motifs is 3. The summed E-state index contributed by atoms with van der Waals surface area (Å²) in [5.41, 5.74) is 4.14. The molecule has 1 aromatic heterocycles. The Kier molecular flexibility index (Phi) is 8.39. The lowest BCUT2D eigenvalue weighted by atomic mass is 9.70. The van der Waals surface area contributed by atoms with Gasteiger partial charge in [0.25, 0.3) is 0 Å². The Labute approximate surface area is 226 Å². The summed E-state index contributed by atoms with van der Waals surface area (Å²) in [5, 5.41) is 4.45. The molecule has 7 heteroatoms. The van der Waals surface area contributed by atoms with E-state index in [4.69, 9.17) is 16.6 Å². The van der Waals surface area contributed by atoms with Crippen molar-refractivity contribution in [2.45, 2.75) is 75.4 Å². The van der Waals surface area contributed by atoms with Crippen LogP contribution in [-0.4, -0.2) is 46.2 Å². The molecular weight excluding hydrogens is 499 g/mol. The molecule has 3 aliphatic heterocycles. The quantitative estimate of drug-likeness (QED) is 0.394. The molecule has 2 unspecified atom stereocenters. The number of nitrogens with zero attached hydrogens (tertiary/aromatic N) is 3. The maximum Gasteiger partial charge on any atom is 0.106 e. The fourth-order valence-corrected chi connectivity index (χ4v) is 7.39. The molecule has 6 rings (SSSR count). The molecule has 190 valence electrons. The van der Waals surface area contributed by atoms with E-state index in [0.717, 1.165) is 23.6 Å². The van der Waals surface area contributed by atoms with Crippen LogP contribution in [0.2, 0.25) is 5.02 Å². The van der Waals surface area contributed by atoms with E-state index in [1.807, 2.05) is 6.07 Å². The van der Waals surface area contributed by atoms with Gasteiger partial charge in [0, 0.05) is 23.1 Å². The van der Waals surface area contributed by atoms with E-state index in [2.05, 4.69) is 64.2 Å². The lowest BCUT2D eigenvalue weighted by molar-refractivity contribution is 0.0929. The van der Waals surface area contributed by atoms with Gasteiger partial charge >= 0.3 is 0 Å². The Morgan fingerprint density at radius 1 is 0.971 bits per heavy atom. The van der Waals surface area contributed by atoms with Gasteiger partial charge in [-0.1, -0.05) is 35.9 Å². The predicted octanol–water partition coefficient (Wildman–Crippen LogP) is 6.72. The van der Waals surface area contributed by atoms with E-state index in [1.54, 1.807) is 0 Å². The highest BCUT2D eigenvalue weighted by molar-refractivity contribution is 6.30. The van der Waals surface area contributed by atoms with Gasteiger partial charge in [0.2, 0.25) is 0 Å². The number of rotatable bonds is 5. The summed E-state index contributed by atoms with van der Waals surface area (Å²) in [4.78, 5) is 7.73. The SMILES string of the molecule is Cc1nc2ccccc2n1C1CC2CCC(C1)N2CCC1(c2cccc(Cl)c2)CCNCC1.Cl.Cl. The third-order valence-electron chi connectivity index (χ3n) is 8.84. The minimum Gasteiger partial charge on any atom is -0.325 e. The van der Waals surface area contributed by atoms with E-state index < -0.39 is 0 Å². The molecule has 4 heterocycles. The van der Waals surface area contributed by atoms with Crippen LogP contribution in [0.5, 0.6) is 0 Å². The summed E-state index contributed by atoms with van der Waals surface area (Å²) < 4.78 is 2.54. The molecular formula is C28H37Cl3N4. The summed E-state index contributed by atoms with van der Waals surface area (Å²) >= 11 is 6.42. The first-order valence-electron chi connectivity index (χ1n) is 12.8. The largest absolute Gasteiger partial charge is 0.325 e. The van der Waals surface area contributed by atoms with E-state index in [1.165, 1.54) is 68.4 Å². The van der Waals surface area contributed by atoms with Crippen LogP contribution < -0.4 is 5.32 Å². The molecule has 0 radical (unpaired) electrons. The van der Waals surface area contributed by atoms with E-state index in [9.17, 15) is 0 Å². The fraction of sp³-hybridized carbons (Fsp3) is 0.536. The van der Waals surface area contributed by atoms with Crippen LogP contribution in [-0.2, 0) is 5.41 Å². The van der Waals surface area contributed by atoms with Crippen molar-refractivity contribution >= 4 is 47.4 Å². The standard InChI is InChI=1S/C28H35ClN4.2ClH/c1-20-31-26-7-2-3-8-27(26)33(20)25-18-23-9-10-24(19-25)32(23)16-13-28(11-14-30-15-12-28)21-5-4-6-22(29)17-21;;/h2-8,17,23-25,30H,9-16,18-19H2,1H3;2*1H. The van der Waals surface area contributed by atoms with Crippen LogP contribution in [0, 0.1) is 6.92 Å².